The Bertz CT molecular complexity index is 2090. The molecule has 5 aliphatic rings. The van der Waals surface area contributed by atoms with Gasteiger partial charge in [-0.15, -0.1) is 0 Å². The van der Waals surface area contributed by atoms with Gasteiger partial charge in [0.15, 0.2) is 25.1 Å². The van der Waals surface area contributed by atoms with Gasteiger partial charge in [-0.3, -0.25) is 19.2 Å². The summed E-state index contributed by atoms with van der Waals surface area (Å²) in [5.74, 6) is 1.23. The van der Waals surface area contributed by atoms with Crippen molar-refractivity contribution in [3.63, 3.8) is 0 Å². The van der Waals surface area contributed by atoms with Crippen molar-refractivity contribution in [1.29, 1.82) is 0 Å². The molecule has 360 valence electrons. The Balaban J connectivity index is 1.49. The number of ether oxygens (including phenoxy) is 8. The number of carbonyl (C=O) groups is 4. The SMILES string of the molecule is CCCCCC1c2cc3c4c(C=O)c2OCOc2c1cc1c(c2C=O)OCOc2c(cc5c(c2C=O)OCOc2c(cc(c(c2C=O)OCO4)C3CCCCC)C5CCCCC)C1CCCCC. The summed E-state index contributed by atoms with van der Waals surface area (Å²) in [6.45, 7) is 7.44. The fraction of sp³-hybridized carbons (Fsp3) is 0.500. The topological polar surface area (TPSA) is 142 Å². The molecule has 0 aromatic heterocycles. The second-order valence-corrected chi connectivity index (χ2v) is 18.8. The van der Waals surface area contributed by atoms with Crippen LogP contribution in [0.4, 0.5) is 0 Å². The van der Waals surface area contributed by atoms with Crippen LogP contribution in [0.25, 0.3) is 0 Å². The minimum atomic E-state index is -0.412. The number of hydrogen-bond donors (Lipinski definition) is 0. The molecule has 4 aromatic carbocycles. The molecule has 12 nitrogen and oxygen atoms in total. The van der Waals surface area contributed by atoms with Gasteiger partial charge in [-0.25, -0.2) is 0 Å². The lowest BCUT2D eigenvalue weighted by molar-refractivity contribution is 0.0913. The fourth-order valence-corrected chi connectivity index (χ4v) is 11.5. The van der Waals surface area contributed by atoms with Crippen molar-refractivity contribution in [2.75, 3.05) is 27.2 Å². The summed E-state index contributed by atoms with van der Waals surface area (Å²) >= 11 is 0. The predicted molar refractivity (Wildman–Crippen MR) is 256 cm³/mol. The first-order valence-electron chi connectivity index (χ1n) is 25.1. The smallest absolute Gasteiger partial charge is 0.230 e. The molecule has 0 fully saturated rings. The van der Waals surface area contributed by atoms with E-state index in [0.717, 1.165) is 147 Å². The lowest BCUT2D eigenvalue weighted by Gasteiger charge is -2.36. The van der Waals surface area contributed by atoms with Crippen molar-refractivity contribution in [3.8, 4) is 46.0 Å². The van der Waals surface area contributed by atoms with E-state index < -0.39 is 23.7 Å². The van der Waals surface area contributed by atoms with Crippen molar-refractivity contribution >= 4 is 25.1 Å². The van der Waals surface area contributed by atoms with E-state index >= 15 is 0 Å². The Morgan fingerprint density at radius 1 is 0.324 bits per heavy atom. The third kappa shape index (κ3) is 8.35. The van der Waals surface area contributed by atoms with Crippen LogP contribution >= 0.6 is 0 Å². The highest BCUT2D eigenvalue weighted by atomic mass is 16.7. The van der Waals surface area contributed by atoms with E-state index in [9.17, 15) is 19.2 Å². The van der Waals surface area contributed by atoms with Crippen LogP contribution in [-0.2, 0) is 0 Å². The molecule has 0 spiro atoms. The second-order valence-electron chi connectivity index (χ2n) is 18.8. The van der Waals surface area contributed by atoms with Gasteiger partial charge in [-0.05, 0) is 49.9 Å². The molecule has 9 rings (SSSR count). The second kappa shape index (κ2) is 21.1. The van der Waals surface area contributed by atoms with Crippen LogP contribution in [0.15, 0.2) is 24.3 Å². The van der Waals surface area contributed by atoms with Crippen LogP contribution in [-0.4, -0.2) is 52.3 Å². The van der Waals surface area contributed by atoms with Gasteiger partial charge in [0.05, 0.1) is 22.3 Å². The summed E-state index contributed by atoms with van der Waals surface area (Å²) in [4.78, 5) is 54.9. The Morgan fingerprint density at radius 2 is 0.500 bits per heavy atom. The highest BCUT2D eigenvalue weighted by molar-refractivity contribution is 5.91. The maximum Gasteiger partial charge on any atom is 0.230 e. The maximum atomic E-state index is 13.7. The first-order chi connectivity index (χ1) is 33.5. The first kappa shape index (κ1) is 47.0. The monoisotopic (exact) mass is 928 g/mol. The highest BCUT2D eigenvalue weighted by Gasteiger charge is 2.41. The van der Waals surface area contributed by atoms with Crippen LogP contribution < -0.4 is 37.9 Å². The molecular weight excluding hydrogens is 865 g/mol. The number of benzene rings is 4. The Kier molecular flexibility index (Phi) is 14.6. The molecule has 4 heterocycles. The number of hydrogen-bond acceptors (Lipinski definition) is 12. The maximum absolute atomic E-state index is 13.7. The van der Waals surface area contributed by atoms with Crippen molar-refractivity contribution < 1.29 is 57.1 Å². The van der Waals surface area contributed by atoms with Crippen molar-refractivity contribution in [2.24, 2.45) is 0 Å². The van der Waals surface area contributed by atoms with Crippen LogP contribution in [0.3, 0.4) is 0 Å². The van der Waals surface area contributed by atoms with Gasteiger partial charge in [-0.2, -0.15) is 0 Å². The number of aldehydes is 4. The molecule has 0 atom stereocenters. The Hall–Kier alpha value is -6.04. The van der Waals surface area contributed by atoms with E-state index in [2.05, 4.69) is 52.0 Å². The molecule has 0 unspecified atom stereocenters. The predicted octanol–water partition coefficient (Wildman–Crippen LogP) is 13.0. The summed E-state index contributed by atoms with van der Waals surface area (Å²) in [7, 11) is 0. The van der Waals surface area contributed by atoms with Crippen LogP contribution in [0.2, 0.25) is 0 Å². The van der Waals surface area contributed by atoms with Crippen molar-refractivity contribution in [1.82, 2.24) is 0 Å². The van der Waals surface area contributed by atoms with Gasteiger partial charge < -0.3 is 37.9 Å². The molecule has 8 bridgehead atoms. The van der Waals surface area contributed by atoms with Crippen LogP contribution in [0.5, 0.6) is 46.0 Å². The van der Waals surface area contributed by atoms with Crippen molar-refractivity contribution in [3.05, 3.63) is 91.0 Å². The first-order valence-corrected chi connectivity index (χ1v) is 25.1. The third-order valence-corrected chi connectivity index (χ3v) is 14.8. The van der Waals surface area contributed by atoms with E-state index in [0.29, 0.717) is 71.7 Å². The summed E-state index contributed by atoms with van der Waals surface area (Å²) in [5, 5.41) is 0. The lowest BCUT2D eigenvalue weighted by atomic mass is 9.74. The molecule has 12 heteroatoms. The van der Waals surface area contributed by atoms with E-state index in [1.807, 2.05) is 0 Å². The van der Waals surface area contributed by atoms with E-state index in [-0.39, 0.29) is 49.4 Å². The van der Waals surface area contributed by atoms with Gasteiger partial charge in [0.1, 0.15) is 46.0 Å². The number of carbonyl (C=O) groups excluding carboxylic acids is 4. The molecule has 0 N–H and O–H groups in total. The van der Waals surface area contributed by atoms with Crippen LogP contribution in [0.1, 0.15) is 240 Å². The fourth-order valence-electron chi connectivity index (χ4n) is 11.5. The quantitative estimate of drug-likeness (QED) is 0.0615. The van der Waals surface area contributed by atoms with Gasteiger partial charge in [0.25, 0.3) is 0 Å². The zero-order valence-corrected chi connectivity index (χ0v) is 40.0. The molecule has 0 saturated carbocycles. The Labute approximate surface area is 399 Å². The van der Waals surface area contributed by atoms with E-state index in [1.165, 1.54) is 0 Å². The molecule has 4 aliphatic heterocycles. The third-order valence-electron chi connectivity index (χ3n) is 14.8. The summed E-state index contributed by atoms with van der Waals surface area (Å²) in [5.41, 5.74) is 7.31. The highest BCUT2D eigenvalue weighted by Crippen LogP contribution is 2.58. The summed E-state index contributed by atoms with van der Waals surface area (Å²) < 4.78 is 52.3. The van der Waals surface area contributed by atoms with E-state index in [1.54, 1.807) is 0 Å². The average Bonchev–Trinajstić information content (AvgIpc) is 3.33. The zero-order valence-electron chi connectivity index (χ0n) is 40.0. The summed E-state index contributed by atoms with van der Waals surface area (Å²) in [6, 6.07) is 8.60. The zero-order chi connectivity index (χ0) is 47.3. The van der Waals surface area contributed by atoms with Gasteiger partial charge >= 0.3 is 0 Å². The minimum absolute atomic E-state index is 0.254. The normalized spacial score (nSPS) is 19.0. The molecule has 0 radical (unpaired) electrons. The molecule has 68 heavy (non-hydrogen) atoms. The lowest BCUT2D eigenvalue weighted by Crippen LogP contribution is -2.25. The van der Waals surface area contributed by atoms with Gasteiger partial charge in [-0.1, -0.05) is 105 Å². The number of rotatable bonds is 20. The van der Waals surface area contributed by atoms with Gasteiger partial charge in [0.2, 0.25) is 27.2 Å². The van der Waals surface area contributed by atoms with Gasteiger partial charge in [0, 0.05) is 68.2 Å². The standard InChI is InChI=1S/C56H64O12/c1-5-9-13-17-33-37-21-39-34(18-14-10-6-2)41-23-43-36(20-16-12-8-4)44-24-42-35(19-15-11-7-3)40-22-38(33)50-46(26-58)52(40)64-31-66-54(42)48(28-60)56(44)68-32-67-55(43)47(27-59)53(41)65-30-63-51(39)45(25-57)49(37)61-29-62-50/h21-28,33-36H,5-20,29-32H2,1-4H3. The molecule has 4 aromatic rings. The van der Waals surface area contributed by atoms with Crippen LogP contribution in [0, 0.1) is 0 Å². The largest absolute Gasteiger partial charge is 0.456 e. The van der Waals surface area contributed by atoms with Crippen molar-refractivity contribution in [2.45, 2.75) is 154 Å². The Morgan fingerprint density at radius 3 is 0.647 bits per heavy atom. The molecular formula is C56H64O12. The average molecular weight is 929 g/mol. The minimum Gasteiger partial charge on any atom is -0.456 e. The van der Waals surface area contributed by atoms with E-state index in [4.69, 9.17) is 37.9 Å². The molecule has 1 aliphatic carbocycles. The molecule has 0 saturated heterocycles. The summed E-state index contributed by atoms with van der Waals surface area (Å²) in [6.07, 6.45) is 16.8. The molecule has 0 amide bonds. The number of unbranched alkanes of at least 4 members (excludes halogenated alkanes) is 8.